The highest BCUT2D eigenvalue weighted by molar-refractivity contribution is 9.10. The van der Waals surface area contributed by atoms with Crippen LogP contribution in [0.3, 0.4) is 0 Å². The van der Waals surface area contributed by atoms with Gasteiger partial charge in [-0.05, 0) is 35.3 Å². The third kappa shape index (κ3) is 4.29. The highest BCUT2D eigenvalue weighted by Crippen LogP contribution is 2.31. The minimum absolute atomic E-state index is 0. The van der Waals surface area contributed by atoms with Gasteiger partial charge in [0.15, 0.2) is 0 Å². The molecular weight excluding hydrogens is 390 g/mol. The van der Waals surface area contributed by atoms with Gasteiger partial charge in [-0.15, -0.1) is 0 Å². The van der Waals surface area contributed by atoms with E-state index in [-0.39, 0.29) is 6.15 Å². The van der Waals surface area contributed by atoms with Crippen molar-refractivity contribution in [3.63, 3.8) is 0 Å². The van der Waals surface area contributed by atoms with Gasteiger partial charge in [0.2, 0.25) is 0 Å². The molecule has 0 amide bonds. The van der Waals surface area contributed by atoms with Crippen molar-refractivity contribution in [3.8, 4) is 0 Å². The van der Waals surface area contributed by atoms with Gasteiger partial charge in [-0.1, -0.05) is 67.3 Å². The molecule has 0 aliphatic carbocycles. The Bertz CT molecular complexity index is 528. The van der Waals surface area contributed by atoms with E-state index in [1.54, 1.807) is 0 Å². The van der Waals surface area contributed by atoms with Gasteiger partial charge in [-0.3, -0.25) is 10.1 Å². The van der Waals surface area contributed by atoms with Crippen LogP contribution >= 0.6 is 31.9 Å². The maximum absolute atomic E-state index is 10.7. The second-order valence-electron chi connectivity index (χ2n) is 3.86. The van der Waals surface area contributed by atoms with E-state index in [0.717, 1.165) is 20.1 Å². The number of halogens is 2. The normalized spacial score (nSPS) is 9.95. The van der Waals surface area contributed by atoms with Crippen molar-refractivity contribution in [2.24, 2.45) is 0 Å². The summed E-state index contributed by atoms with van der Waals surface area (Å²) in [6.45, 7) is 0. The summed E-state index contributed by atoms with van der Waals surface area (Å²) in [4.78, 5) is 10.7. The second kappa shape index (κ2) is 7.37. The molecule has 0 saturated heterocycles. The number of hydrogen-bond acceptors (Lipinski definition) is 2. The first kappa shape index (κ1) is 16.6. The fourth-order valence-electron chi connectivity index (χ4n) is 1.71. The molecule has 5 nitrogen and oxygen atoms in total. The molecule has 0 aromatic heterocycles. The van der Waals surface area contributed by atoms with Crippen LogP contribution in [0.5, 0.6) is 0 Å². The lowest BCUT2D eigenvalue weighted by Crippen LogP contribution is -2.04. The fourth-order valence-corrected chi connectivity index (χ4v) is 2.24. The smallest absolute Gasteiger partial charge is 0.0175 e. The molecule has 0 atom stereocenters. The van der Waals surface area contributed by atoms with Crippen molar-refractivity contribution in [1.82, 2.24) is 6.15 Å². The standard InChI is InChI=1S/C13H9Br2N2O2.H3N/c14-11-5-1-9(2-6-11)13(16-17(18)19)10-3-7-12(15)8-4-10;/h1-8,13H;1H3/q-1;/p+1. The van der Waals surface area contributed by atoms with E-state index in [1.165, 1.54) is 0 Å². The first-order valence-corrected chi connectivity index (χ1v) is 7.01. The molecule has 0 aliphatic heterocycles. The molecule has 2 aromatic rings. The van der Waals surface area contributed by atoms with E-state index in [1.807, 2.05) is 48.5 Å². The average Bonchev–Trinajstić information content (AvgIpc) is 2.38. The lowest BCUT2D eigenvalue weighted by atomic mass is 9.99. The Kier molecular flexibility index (Phi) is 6.12. The number of benzene rings is 2. The van der Waals surface area contributed by atoms with E-state index in [0.29, 0.717) is 0 Å². The van der Waals surface area contributed by atoms with Crippen LogP contribution in [0.25, 0.3) is 5.43 Å². The Labute approximate surface area is 133 Å². The van der Waals surface area contributed by atoms with Crippen molar-refractivity contribution in [1.29, 1.82) is 0 Å². The molecule has 0 radical (unpaired) electrons. The van der Waals surface area contributed by atoms with Crippen LogP contribution in [0.2, 0.25) is 0 Å². The average molecular weight is 403 g/mol. The molecule has 106 valence electrons. The van der Waals surface area contributed by atoms with Gasteiger partial charge < -0.3 is 11.6 Å². The first-order valence-electron chi connectivity index (χ1n) is 5.42. The maximum atomic E-state index is 10.7. The van der Waals surface area contributed by atoms with Crippen LogP contribution in [0.15, 0.2) is 57.5 Å². The molecule has 0 fully saturated rings. The summed E-state index contributed by atoms with van der Waals surface area (Å²) in [6, 6.07) is 14.1. The molecule has 2 aromatic carbocycles. The summed E-state index contributed by atoms with van der Waals surface area (Å²) in [5, 5.41) is 10.1. The quantitative estimate of drug-likeness (QED) is 0.558. The zero-order valence-corrected chi connectivity index (χ0v) is 13.8. The zero-order valence-electron chi connectivity index (χ0n) is 10.7. The minimum atomic E-state index is -0.644. The number of nitrogens with zero attached hydrogens (tertiary/aromatic N) is 2. The highest BCUT2D eigenvalue weighted by atomic mass is 79.9. The molecule has 20 heavy (non-hydrogen) atoms. The second-order valence-corrected chi connectivity index (χ2v) is 5.69. The third-order valence-electron chi connectivity index (χ3n) is 2.58. The van der Waals surface area contributed by atoms with E-state index in [4.69, 9.17) is 0 Å². The van der Waals surface area contributed by atoms with Gasteiger partial charge in [0, 0.05) is 8.95 Å². The third-order valence-corrected chi connectivity index (χ3v) is 3.64. The number of nitro groups is 1. The van der Waals surface area contributed by atoms with Crippen LogP contribution in [0, 0.1) is 10.1 Å². The van der Waals surface area contributed by atoms with Crippen LogP contribution in [-0.2, 0) is 0 Å². The van der Waals surface area contributed by atoms with Crippen LogP contribution < -0.4 is 6.15 Å². The molecule has 2 rings (SSSR count). The number of hydrogen-bond donors (Lipinski definition) is 1. The topological polar surface area (TPSA) is 93.7 Å². The lowest BCUT2D eigenvalue weighted by Gasteiger charge is -2.25. The predicted octanol–water partition coefficient (Wildman–Crippen LogP) is 5.24. The Hall–Kier alpha value is -1.44. The monoisotopic (exact) mass is 401 g/mol. The largest absolute Gasteiger partial charge is 0.369 e. The molecular formula is C13H13Br2N3O2. The van der Waals surface area contributed by atoms with Gasteiger partial charge >= 0.3 is 0 Å². The van der Waals surface area contributed by atoms with Crippen molar-refractivity contribution in [2.45, 2.75) is 6.04 Å². The lowest BCUT2D eigenvalue weighted by molar-refractivity contribution is -0.430. The number of quaternary nitrogens is 1. The summed E-state index contributed by atoms with van der Waals surface area (Å²) in [5.74, 6) is 0. The van der Waals surface area contributed by atoms with Gasteiger partial charge in [0.05, 0.1) is 0 Å². The van der Waals surface area contributed by atoms with Gasteiger partial charge in [0.1, 0.15) is 0 Å². The van der Waals surface area contributed by atoms with Crippen molar-refractivity contribution >= 4 is 31.9 Å². The Balaban J connectivity index is 0.00000200. The van der Waals surface area contributed by atoms with Crippen LogP contribution in [0.4, 0.5) is 0 Å². The SMILES string of the molecule is O=[N+]([O-])[N-]C(c1ccc(Br)cc1)c1ccc(Br)cc1.[NH4+]. The van der Waals surface area contributed by atoms with E-state index in [2.05, 4.69) is 37.3 Å². The molecule has 0 unspecified atom stereocenters. The summed E-state index contributed by atoms with van der Waals surface area (Å²) in [5.41, 5.74) is 5.13. The molecule has 0 saturated carbocycles. The summed E-state index contributed by atoms with van der Waals surface area (Å²) >= 11 is 6.68. The fraction of sp³-hybridized carbons (Fsp3) is 0.0769. The molecule has 4 N–H and O–H groups in total. The molecule has 7 heteroatoms. The van der Waals surface area contributed by atoms with Crippen LogP contribution in [-0.4, -0.2) is 5.03 Å². The van der Waals surface area contributed by atoms with E-state index >= 15 is 0 Å². The predicted molar refractivity (Wildman–Crippen MR) is 86.5 cm³/mol. The summed E-state index contributed by atoms with van der Waals surface area (Å²) in [7, 11) is 0. The molecule has 0 spiro atoms. The first-order chi connectivity index (χ1) is 9.06. The maximum Gasteiger partial charge on any atom is 0.0175 e. The van der Waals surface area contributed by atoms with Crippen molar-refractivity contribution < 1.29 is 5.03 Å². The van der Waals surface area contributed by atoms with Crippen molar-refractivity contribution in [2.75, 3.05) is 0 Å². The van der Waals surface area contributed by atoms with E-state index < -0.39 is 11.1 Å². The minimum Gasteiger partial charge on any atom is -0.369 e. The zero-order chi connectivity index (χ0) is 13.8. The van der Waals surface area contributed by atoms with E-state index in [9.17, 15) is 10.1 Å². The summed E-state index contributed by atoms with van der Waals surface area (Å²) in [6.07, 6.45) is 0. The van der Waals surface area contributed by atoms with Gasteiger partial charge in [-0.25, -0.2) is 0 Å². The molecule has 0 aliphatic rings. The van der Waals surface area contributed by atoms with Gasteiger partial charge in [-0.2, -0.15) is 0 Å². The number of rotatable bonds is 4. The highest BCUT2D eigenvalue weighted by Gasteiger charge is 2.09. The van der Waals surface area contributed by atoms with Crippen LogP contribution in [0.1, 0.15) is 17.2 Å². The Morgan fingerprint density at radius 1 is 0.900 bits per heavy atom. The molecule has 0 bridgehead atoms. The van der Waals surface area contributed by atoms with Gasteiger partial charge in [0.25, 0.3) is 0 Å². The Morgan fingerprint density at radius 3 is 1.55 bits per heavy atom. The summed E-state index contributed by atoms with van der Waals surface area (Å²) < 4.78 is 1.85. The Morgan fingerprint density at radius 2 is 1.25 bits per heavy atom. The molecule has 0 heterocycles. The van der Waals surface area contributed by atoms with Crippen molar-refractivity contribution in [3.05, 3.63) is 84.1 Å².